The molecule has 0 saturated carbocycles. The minimum Gasteiger partial charge on any atom is -0.394 e. The van der Waals surface area contributed by atoms with Crippen LogP contribution in [0.1, 0.15) is 96.8 Å². The molecule has 0 aromatic rings. The van der Waals surface area contributed by atoms with Crippen LogP contribution in [0, 0.1) is 0 Å². The van der Waals surface area contributed by atoms with E-state index in [0.717, 1.165) is 6.54 Å². The van der Waals surface area contributed by atoms with Crippen molar-refractivity contribution in [3.63, 3.8) is 0 Å². The Morgan fingerprint density at radius 3 is 1.36 bits per heavy atom. The summed E-state index contributed by atoms with van der Waals surface area (Å²) in [5, 5.41) is 7.96. The fraction of sp³-hybridized carbons (Fsp3) is 1.00. The average Bonchev–Trinajstić information content (AvgIpc) is 2.57. The Kier molecular flexibility index (Phi) is 24.1. The molecule has 154 valence electrons. The third-order valence-corrected chi connectivity index (χ3v) is 4.43. The van der Waals surface area contributed by atoms with Crippen molar-refractivity contribution in [3.8, 4) is 0 Å². The number of hydrogen-bond donors (Lipinski definition) is 4. The predicted octanol–water partition coefficient (Wildman–Crippen LogP) is 4.51. The summed E-state index contributed by atoms with van der Waals surface area (Å²) in [6, 6.07) is 0. The Morgan fingerprint density at radius 1 is 0.760 bits per heavy atom. The summed E-state index contributed by atoms with van der Waals surface area (Å²) < 4.78 is 13.5. The maximum Gasteiger partial charge on any atom is 0.469 e. The molecule has 0 rings (SSSR count). The Labute approximate surface area is 154 Å². The van der Waals surface area contributed by atoms with Gasteiger partial charge in [-0.1, -0.05) is 90.4 Å². The highest BCUT2D eigenvalue weighted by atomic mass is 31.2. The molecule has 0 fully saturated rings. The smallest absolute Gasteiger partial charge is 0.394 e. The molecule has 0 aliphatic carbocycles. The van der Waals surface area contributed by atoms with Crippen molar-refractivity contribution in [2.45, 2.75) is 96.8 Å². The van der Waals surface area contributed by atoms with Crippen LogP contribution in [0.2, 0.25) is 0 Å². The van der Waals surface area contributed by atoms with E-state index in [1.54, 1.807) is 0 Å². The normalized spacial score (nSPS) is 11.2. The van der Waals surface area contributed by atoms with Gasteiger partial charge < -0.3 is 20.6 Å². The largest absolute Gasteiger partial charge is 0.469 e. The van der Waals surface area contributed by atoms with Crippen molar-refractivity contribution in [2.24, 2.45) is 5.73 Å². The first kappa shape index (κ1) is 27.3. The van der Waals surface area contributed by atoms with E-state index >= 15 is 0 Å². The third kappa shape index (κ3) is 32.2. The molecule has 6 nitrogen and oxygen atoms in total. The van der Waals surface area contributed by atoms with E-state index in [2.05, 4.69) is 11.4 Å². The van der Waals surface area contributed by atoms with E-state index in [9.17, 15) is 4.57 Å². The lowest BCUT2D eigenvalue weighted by atomic mass is 10.0. The number of phosphoric ester groups is 1. The van der Waals surface area contributed by atoms with Crippen LogP contribution in [0.15, 0.2) is 0 Å². The van der Waals surface area contributed by atoms with Gasteiger partial charge in [0.15, 0.2) is 0 Å². The van der Waals surface area contributed by atoms with Gasteiger partial charge >= 0.3 is 7.82 Å². The average molecular weight is 384 g/mol. The number of aliphatic hydroxyl groups is 1. The van der Waals surface area contributed by atoms with Crippen molar-refractivity contribution in [1.82, 2.24) is 0 Å². The summed E-state index contributed by atoms with van der Waals surface area (Å²) in [5.74, 6) is 0. The quantitative estimate of drug-likeness (QED) is 0.217. The molecule has 25 heavy (non-hydrogen) atoms. The highest BCUT2D eigenvalue weighted by Gasteiger charge is 2.11. The molecule has 0 amide bonds. The molecule has 0 aromatic heterocycles. The first-order valence-electron chi connectivity index (χ1n) is 9.99. The lowest BCUT2D eigenvalue weighted by Gasteiger charge is -2.02. The van der Waals surface area contributed by atoms with Gasteiger partial charge in [0.05, 0.1) is 13.2 Å². The Morgan fingerprint density at radius 2 is 1.12 bits per heavy atom. The molecular formula is C18H42NO5P. The van der Waals surface area contributed by atoms with E-state index in [1.807, 2.05) is 0 Å². The molecule has 0 heterocycles. The van der Waals surface area contributed by atoms with Gasteiger partial charge in [-0.15, -0.1) is 0 Å². The van der Waals surface area contributed by atoms with E-state index in [1.165, 1.54) is 89.9 Å². The first-order chi connectivity index (χ1) is 12.0. The Bertz CT molecular complexity index is 273. The molecule has 0 spiro atoms. The van der Waals surface area contributed by atoms with Gasteiger partial charge in [-0.3, -0.25) is 4.52 Å². The number of unbranched alkanes of at least 4 members (excludes halogenated alkanes) is 13. The van der Waals surface area contributed by atoms with Crippen molar-refractivity contribution in [1.29, 1.82) is 0 Å². The molecule has 5 N–H and O–H groups in total. The van der Waals surface area contributed by atoms with Crippen LogP contribution in [0.25, 0.3) is 0 Å². The molecule has 0 aromatic carbocycles. The van der Waals surface area contributed by atoms with Crippen molar-refractivity contribution >= 4 is 7.82 Å². The number of aliphatic hydroxyl groups excluding tert-OH is 1. The molecule has 0 aliphatic heterocycles. The summed E-state index contributed by atoms with van der Waals surface area (Å²) in [7, 11) is -4.34. The van der Waals surface area contributed by atoms with Crippen LogP contribution < -0.4 is 5.73 Å². The second-order valence-corrected chi connectivity index (χ2v) is 7.67. The predicted molar refractivity (Wildman–Crippen MR) is 104 cm³/mol. The van der Waals surface area contributed by atoms with Crippen molar-refractivity contribution in [3.05, 3.63) is 0 Å². The maximum atomic E-state index is 9.75. The van der Waals surface area contributed by atoms with Gasteiger partial charge in [0.1, 0.15) is 0 Å². The standard InChI is InChI=1S/C16H35N.C2H7O5P/c1-2-3-4-5-6-7-8-9-10-11-12-13-14-15-16-17;3-1-2-7-8(4,5)6/h2-17H2,1H3;3H,1-2H2,(H2,4,5,6). The monoisotopic (exact) mass is 383 g/mol. The summed E-state index contributed by atoms with van der Waals surface area (Å²) in [4.78, 5) is 15.9. The summed E-state index contributed by atoms with van der Waals surface area (Å²) in [5.41, 5.74) is 5.47. The zero-order chi connectivity index (χ0) is 19.2. The minimum atomic E-state index is -4.34. The number of nitrogens with two attached hydrogens (primary N) is 1. The number of rotatable bonds is 17. The summed E-state index contributed by atoms with van der Waals surface area (Å²) in [6.45, 7) is 2.45. The van der Waals surface area contributed by atoms with E-state index < -0.39 is 7.82 Å². The van der Waals surface area contributed by atoms with Gasteiger partial charge in [0, 0.05) is 0 Å². The molecule has 0 saturated heterocycles. The van der Waals surface area contributed by atoms with Crippen LogP contribution in [0.4, 0.5) is 0 Å². The van der Waals surface area contributed by atoms with Gasteiger partial charge in [-0.25, -0.2) is 4.57 Å². The minimum absolute atomic E-state index is 0.329. The number of hydrogen-bond acceptors (Lipinski definition) is 4. The van der Waals surface area contributed by atoms with E-state index in [-0.39, 0.29) is 13.2 Å². The van der Waals surface area contributed by atoms with Gasteiger partial charge in [-0.2, -0.15) is 0 Å². The van der Waals surface area contributed by atoms with Crippen molar-refractivity contribution in [2.75, 3.05) is 19.8 Å². The highest BCUT2D eigenvalue weighted by Crippen LogP contribution is 2.34. The molecule has 0 atom stereocenters. The second kappa shape index (κ2) is 22.1. The van der Waals surface area contributed by atoms with Crippen molar-refractivity contribution < 1.29 is 24.0 Å². The van der Waals surface area contributed by atoms with E-state index in [0.29, 0.717) is 0 Å². The molecule has 0 aliphatic rings. The Hall–Kier alpha value is 0.0300. The Balaban J connectivity index is 0. The fourth-order valence-electron chi connectivity index (χ4n) is 2.50. The molecular weight excluding hydrogens is 341 g/mol. The van der Waals surface area contributed by atoms with Gasteiger partial charge in [0.25, 0.3) is 0 Å². The molecule has 0 bridgehead atoms. The lowest BCUT2D eigenvalue weighted by molar-refractivity contribution is 0.151. The topological polar surface area (TPSA) is 113 Å². The van der Waals surface area contributed by atoms with Crippen LogP contribution >= 0.6 is 7.82 Å². The SMILES string of the molecule is CCCCCCCCCCCCCCCCN.O=P(O)(O)OCCO. The van der Waals surface area contributed by atoms with Crippen LogP contribution in [-0.4, -0.2) is 34.7 Å². The second-order valence-electron chi connectivity index (χ2n) is 6.43. The maximum absolute atomic E-state index is 9.75. The fourth-order valence-corrected chi connectivity index (χ4v) is 2.82. The first-order valence-corrected chi connectivity index (χ1v) is 11.5. The highest BCUT2D eigenvalue weighted by molar-refractivity contribution is 7.46. The summed E-state index contributed by atoms with van der Waals surface area (Å²) >= 11 is 0. The summed E-state index contributed by atoms with van der Waals surface area (Å²) in [6.07, 6.45) is 19.9. The lowest BCUT2D eigenvalue weighted by Crippen LogP contribution is -1.97. The third-order valence-electron chi connectivity index (χ3n) is 3.91. The molecule has 0 unspecified atom stereocenters. The van der Waals surface area contributed by atoms with Crippen LogP contribution in [0.5, 0.6) is 0 Å². The van der Waals surface area contributed by atoms with E-state index in [4.69, 9.17) is 20.6 Å². The zero-order valence-electron chi connectivity index (χ0n) is 16.2. The zero-order valence-corrected chi connectivity index (χ0v) is 17.1. The van der Waals surface area contributed by atoms with Gasteiger partial charge in [0.2, 0.25) is 0 Å². The van der Waals surface area contributed by atoms with Crippen LogP contribution in [-0.2, 0) is 9.09 Å². The molecule has 0 radical (unpaired) electrons. The van der Waals surface area contributed by atoms with Gasteiger partial charge in [-0.05, 0) is 13.0 Å². The molecule has 7 heteroatoms. The van der Waals surface area contributed by atoms with Crippen LogP contribution in [0.3, 0.4) is 0 Å². The number of phosphoric acid groups is 1.